The van der Waals surface area contributed by atoms with E-state index in [-0.39, 0.29) is 12.1 Å². The van der Waals surface area contributed by atoms with Gasteiger partial charge in [0.2, 0.25) is 0 Å². The van der Waals surface area contributed by atoms with Gasteiger partial charge in [0.05, 0.1) is 18.8 Å². The molecule has 0 aromatic rings. The number of allylic oxidation sites excluding steroid dienone is 1. The van der Waals surface area contributed by atoms with Gasteiger partial charge in [-0.15, -0.1) is 0 Å². The second kappa shape index (κ2) is 5.64. The van der Waals surface area contributed by atoms with Crippen LogP contribution in [-0.2, 0) is 4.74 Å². The molecule has 1 aliphatic rings. The van der Waals surface area contributed by atoms with E-state index in [1.54, 1.807) is 0 Å². The van der Waals surface area contributed by atoms with Crippen LogP contribution in [0.15, 0.2) is 11.6 Å². The highest BCUT2D eigenvalue weighted by Gasteiger charge is 2.25. The third-order valence-electron chi connectivity index (χ3n) is 2.81. The van der Waals surface area contributed by atoms with Crippen molar-refractivity contribution in [1.29, 1.82) is 0 Å². The molecular weight excluding hydrogens is 188 g/mol. The topological polar surface area (TPSA) is 38.5 Å². The number of rotatable bonds is 3. The van der Waals surface area contributed by atoms with Crippen LogP contribution < -0.4 is 5.73 Å². The van der Waals surface area contributed by atoms with Crippen molar-refractivity contribution in [2.75, 3.05) is 19.7 Å². The zero-order chi connectivity index (χ0) is 11.4. The molecule has 1 saturated heterocycles. The van der Waals surface area contributed by atoms with E-state index in [4.69, 9.17) is 10.5 Å². The first-order valence-electron chi connectivity index (χ1n) is 5.77. The van der Waals surface area contributed by atoms with Gasteiger partial charge in [0.25, 0.3) is 0 Å². The van der Waals surface area contributed by atoms with E-state index >= 15 is 0 Å². The highest BCUT2D eigenvalue weighted by atomic mass is 16.5. The summed E-state index contributed by atoms with van der Waals surface area (Å²) in [6, 6.07) is 0.604. The number of ether oxygens (including phenoxy) is 1. The van der Waals surface area contributed by atoms with Gasteiger partial charge in [-0.25, -0.2) is 0 Å². The Morgan fingerprint density at radius 2 is 2.13 bits per heavy atom. The summed E-state index contributed by atoms with van der Waals surface area (Å²) in [4.78, 5) is 2.42. The smallest absolute Gasteiger partial charge is 0.0889 e. The van der Waals surface area contributed by atoms with Crippen molar-refractivity contribution >= 4 is 0 Å². The maximum absolute atomic E-state index is 6.08. The summed E-state index contributed by atoms with van der Waals surface area (Å²) in [5.74, 6) is 0. The molecule has 0 radical (unpaired) electrons. The molecule has 2 atom stereocenters. The SMILES string of the molecule is CC(C)=CC(N)C1CN(C(C)C)CCO1. The van der Waals surface area contributed by atoms with Crippen molar-refractivity contribution in [1.82, 2.24) is 4.90 Å². The molecule has 2 unspecified atom stereocenters. The summed E-state index contributed by atoms with van der Waals surface area (Å²) in [5.41, 5.74) is 7.34. The van der Waals surface area contributed by atoms with Crippen LogP contribution in [0.25, 0.3) is 0 Å². The van der Waals surface area contributed by atoms with Crippen LogP contribution in [-0.4, -0.2) is 42.8 Å². The van der Waals surface area contributed by atoms with Crippen LogP contribution in [0, 0.1) is 0 Å². The van der Waals surface area contributed by atoms with E-state index in [1.807, 2.05) is 0 Å². The lowest BCUT2D eigenvalue weighted by Gasteiger charge is -2.37. The molecule has 3 nitrogen and oxygen atoms in total. The molecule has 1 aliphatic heterocycles. The van der Waals surface area contributed by atoms with Gasteiger partial charge in [-0.1, -0.05) is 11.6 Å². The fourth-order valence-electron chi connectivity index (χ4n) is 1.89. The predicted octanol–water partition coefficient (Wildman–Crippen LogP) is 1.39. The first-order valence-corrected chi connectivity index (χ1v) is 5.77. The van der Waals surface area contributed by atoms with Crippen LogP contribution >= 0.6 is 0 Å². The molecule has 0 spiro atoms. The van der Waals surface area contributed by atoms with Crippen molar-refractivity contribution in [3.8, 4) is 0 Å². The number of nitrogens with zero attached hydrogens (tertiary/aromatic N) is 1. The second-order valence-electron chi connectivity index (χ2n) is 4.82. The summed E-state index contributed by atoms with van der Waals surface area (Å²) in [5, 5.41) is 0. The number of hydrogen-bond donors (Lipinski definition) is 1. The Kier molecular flexibility index (Phi) is 4.77. The minimum atomic E-state index is 0.0246. The van der Waals surface area contributed by atoms with Gasteiger partial charge >= 0.3 is 0 Å². The first-order chi connectivity index (χ1) is 7.00. The number of morpholine rings is 1. The maximum atomic E-state index is 6.08. The molecule has 1 heterocycles. The van der Waals surface area contributed by atoms with Crippen molar-refractivity contribution < 1.29 is 4.74 Å². The van der Waals surface area contributed by atoms with E-state index in [0.29, 0.717) is 6.04 Å². The Hall–Kier alpha value is -0.380. The molecular formula is C12H24N2O. The van der Waals surface area contributed by atoms with Gasteiger partial charge in [0.15, 0.2) is 0 Å². The van der Waals surface area contributed by atoms with Gasteiger partial charge in [-0.05, 0) is 27.7 Å². The van der Waals surface area contributed by atoms with Crippen LogP contribution in [0.2, 0.25) is 0 Å². The average molecular weight is 212 g/mol. The summed E-state index contributed by atoms with van der Waals surface area (Å²) in [6.07, 6.45) is 2.24. The van der Waals surface area contributed by atoms with Gasteiger partial charge < -0.3 is 10.5 Å². The van der Waals surface area contributed by atoms with Crippen molar-refractivity contribution in [3.63, 3.8) is 0 Å². The van der Waals surface area contributed by atoms with Crippen molar-refractivity contribution in [2.45, 2.75) is 45.9 Å². The van der Waals surface area contributed by atoms with Crippen molar-refractivity contribution in [3.05, 3.63) is 11.6 Å². The van der Waals surface area contributed by atoms with Crippen LogP contribution in [0.4, 0.5) is 0 Å². The first kappa shape index (κ1) is 12.7. The quantitative estimate of drug-likeness (QED) is 0.718. The largest absolute Gasteiger partial charge is 0.374 e. The Balaban J connectivity index is 2.52. The fraction of sp³-hybridized carbons (Fsp3) is 0.833. The molecule has 0 aromatic heterocycles. The lowest BCUT2D eigenvalue weighted by Crippen LogP contribution is -2.51. The van der Waals surface area contributed by atoms with Gasteiger partial charge in [0, 0.05) is 19.1 Å². The Morgan fingerprint density at radius 3 is 2.67 bits per heavy atom. The highest BCUT2D eigenvalue weighted by molar-refractivity contribution is 5.03. The number of hydrogen-bond acceptors (Lipinski definition) is 3. The lowest BCUT2D eigenvalue weighted by molar-refractivity contribution is -0.0433. The predicted molar refractivity (Wildman–Crippen MR) is 63.9 cm³/mol. The van der Waals surface area contributed by atoms with E-state index in [2.05, 4.69) is 38.7 Å². The van der Waals surface area contributed by atoms with Gasteiger partial charge in [-0.3, -0.25) is 4.90 Å². The highest BCUT2D eigenvalue weighted by Crippen LogP contribution is 2.12. The maximum Gasteiger partial charge on any atom is 0.0889 e. The van der Waals surface area contributed by atoms with E-state index in [9.17, 15) is 0 Å². The third kappa shape index (κ3) is 3.93. The summed E-state index contributed by atoms with van der Waals surface area (Å²) in [6.45, 7) is 11.3. The van der Waals surface area contributed by atoms with Crippen LogP contribution in [0.1, 0.15) is 27.7 Å². The molecule has 1 fully saturated rings. The summed E-state index contributed by atoms with van der Waals surface area (Å²) >= 11 is 0. The Morgan fingerprint density at radius 1 is 1.47 bits per heavy atom. The Labute approximate surface area is 93.3 Å². The van der Waals surface area contributed by atoms with Gasteiger partial charge in [0.1, 0.15) is 0 Å². The minimum Gasteiger partial charge on any atom is -0.374 e. The molecule has 2 N–H and O–H groups in total. The zero-order valence-electron chi connectivity index (χ0n) is 10.4. The number of nitrogens with two attached hydrogens (primary N) is 1. The molecule has 0 saturated carbocycles. The van der Waals surface area contributed by atoms with Crippen LogP contribution in [0.3, 0.4) is 0 Å². The molecule has 0 aromatic carbocycles. The molecule has 0 bridgehead atoms. The molecule has 15 heavy (non-hydrogen) atoms. The molecule has 3 heteroatoms. The Bertz CT molecular complexity index is 222. The average Bonchev–Trinajstić information content (AvgIpc) is 2.17. The van der Waals surface area contributed by atoms with E-state index in [0.717, 1.165) is 19.7 Å². The molecule has 0 amide bonds. The van der Waals surface area contributed by atoms with Crippen LogP contribution in [0.5, 0.6) is 0 Å². The molecule has 0 aliphatic carbocycles. The van der Waals surface area contributed by atoms with E-state index < -0.39 is 0 Å². The zero-order valence-corrected chi connectivity index (χ0v) is 10.4. The van der Waals surface area contributed by atoms with Crippen molar-refractivity contribution in [2.24, 2.45) is 5.73 Å². The summed E-state index contributed by atoms with van der Waals surface area (Å²) < 4.78 is 5.71. The fourth-order valence-corrected chi connectivity index (χ4v) is 1.89. The minimum absolute atomic E-state index is 0.0246. The third-order valence-corrected chi connectivity index (χ3v) is 2.81. The van der Waals surface area contributed by atoms with Gasteiger partial charge in [-0.2, -0.15) is 0 Å². The standard InChI is InChI=1S/C12H24N2O/c1-9(2)7-11(13)12-8-14(10(3)4)5-6-15-12/h7,10-12H,5-6,8,13H2,1-4H3. The molecule has 1 rings (SSSR count). The summed E-state index contributed by atoms with van der Waals surface area (Å²) in [7, 11) is 0. The second-order valence-corrected chi connectivity index (χ2v) is 4.82. The lowest BCUT2D eigenvalue weighted by atomic mass is 10.1. The molecule has 88 valence electrons. The van der Waals surface area contributed by atoms with E-state index in [1.165, 1.54) is 5.57 Å². The normalized spacial score (nSPS) is 25.3. The monoisotopic (exact) mass is 212 g/mol.